The van der Waals surface area contributed by atoms with E-state index in [1.165, 1.54) is 0 Å². The highest BCUT2D eigenvalue weighted by Crippen LogP contribution is 2.35. The third kappa shape index (κ3) is 3.12. The molecule has 0 saturated carbocycles. The zero-order valence-electron chi connectivity index (χ0n) is 13.8. The molecule has 1 heterocycles. The number of rotatable bonds is 3. The van der Waals surface area contributed by atoms with Crippen LogP contribution in [0.3, 0.4) is 0 Å². The van der Waals surface area contributed by atoms with Crippen LogP contribution in [0.5, 0.6) is 0 Å². The average molecular weight is 363 g/mol. The Balaban J connectivity index is 1.83. The molecule has 26 heavy (non-hydrogen) atoms. The maximum Gasteiger partial charge on any atom is 0.220 e. The van der Waals surface area contributed by atoms with Gasteiger partial charge < -0.3 is 5.32 Å². The fourth-order valence-electron chi connectivity index (χ4n) is 3.13. The summed E-state index contributed by atoms with van der Waals surface area (Å²) in [6.45, 7) is 0. The molecule has 0 radical (unpaired) electrons. The Bertz CT molecular complexity index is 1090. The minimum atomic E-state index is -3.83. The summed E-state index contributed by atoms with van der Waals surface area (Å²) in [5.74, 6) is 0. The Morgan fingerprint density at radius 1 is 0.846 bits per heavy atom. The largest absolute Gasteiger partial charge is 0.353 e. The summed E-state index contributed by atoms with van der Waals surface area (Å²) in [4.78, 5) is 4.48. The summed E-state index contributed by atoms with van der Waals surface area (Å²) in [5.41, 5.74) is 4.62. The van der Waals surface area contributed by atoms with E-state index in [0.29, 0.717) is 11.1 Å². The van der Waals surface area contributed by atoms with Crippen molar-refractivity contribution in [3.05, 3.63) is 89.5 Å². The van der Waals surface area contributed by atoms with Gasteiger partial charge in [-0.2, -0.15) is 0 Å². The van der Waals surface area contributed by atoms with Crippen molar-refractivity contribution in [1.29, 1.82) is 0 Å². The van der Waals surface area contributed by atoms with Gasteiger partial charge in [0.15, 0.2) is 0 Å². The number of para-hydroxylation sites is 2. The predicted molar refractivity (Wildman–Crippen MR) is 105 cm³/mol. The van der Waals surface area contributed by atoms with Gasteiger partial charge in [0.1, 0.15) is 5.25 Å². The Hall–Kier alpha value is -2.96. The zero-order valence-corrected chi connectivity index (χ0v) is 14.6. The second-order valence-corrected chi connectivity index (χ2v) is 7.78. The molecule has 0 spiro atoms. The maximum absolute atomic E-state index is 12.3. The molecule has 0 bridgehead atoms. The van der Waals surface area contributed by atoms with Crippen LogP contribution in [0.4, 0.5) is 17.1 Å². The number of nitrogens with two attached hydrogens (primary N) is 1. The van der Waals surface area contributed by atoms with Crippen molar-refractivity contribution in [2.45, 2.75) is 5.25 Å². The molecule has 6 heteroatoms. The smallest absolute Gasteiger partial charge is 0.220 e. The molecule has 3 aromatic rings. The molecule has 0 amide bonds. The highest BCUT2D eigenvalue weighted by Gasteiger charge is 2.26. The number of sulfonamides is 1. The van der Waals surface area contributed by atoms with Gasteiger partial charge in [0, 0.05) is 17.5 Å². The lowest BCUT2D eigenvalue weighted by atomic mass is 10.0. The summed E-state index contributed by atoms with van der Waals surface area (Å²) in [6, 6.07) is 22.1. The van der Waals surface area contributed by atoms with E-state index < -0.39 is 15.3 Å². The molecule has 0 fully saturated rings. The molecule has 3 N–H and O–H groups in total. The van der Waals surface area contributed by atoms with Gasteiger partial charge in [-0.3, -0.25) is 4.99 Å². The van der Waals surface area contributed by atoms with Crippen LogP contribution < -0.4 is 10.5 Å². The minimum absolute atomic E-state index is 0.609. The number of primary sulfonamides is 1. The van der Waals surface area contributed by atoms with Gasteiger partial charge in [-0.1, -0.05) is 54.6 Å². The summed E-state index contributed by atoms with van der Waals surface area (Å²) >= 11 is 0. The van der Waals surface area contributed by atoms with Crippen LogP contribution in [0.1, 0.15) is 21.9 Å². The van der Waals surface area contributed by atoms with Crippen LogP contribution in [-0.2, 0) is 10.0 Å². The van der Waals surface area contributed by atoms with Gasteiger partial charge in [0.2, 0.25) is 10.0 Å². The van der Waals surface area contributed by atoms with Gasteiger partial charge in [-0.25, -0.2) is 13.6 Å². The van der Waals surface area contributed by atoms with Crippen molar-refractivity contribution < 1.29 is 8.42 Å². The second-order valence-electron chi connectivity index (χ2n) is 6.13. The molecule has 0 saturated heterocycles. The van der Waals surface area contributed by atoms with Gasteiger partial charge in [0.25, 0.3) is 0 Å². The van der Waals surface area contributed by atoms with Crippen LogP contribution in [0, 0.1) is 0 Å². The lowest BCUT2D eigenvalue weighted by Gasteiger charge is -2.18. The van der Waals surface area contributed by atoms with Crippen molar-refractivity contribution in [3.63, 3.8) is 0 Å². The minimum Gasteiger partial charge on any atom is -0.353 e. The lowest BCUT2D eigenvalue weighted by Crippen LogP contribution is -2.22. The van der Waals surface area contributed by atoms with Crippen molar-refractivity contribution in [3.8, 4) is 0 Å². The van der Waals surface area contributed by atoms with Gasteiger partial charge in [-0.15, -0.1) is 0 Å². The number of nitrogens with zero attached hydrogens (tertiary/aromatic N) is 1. The third-order valence-electron chi connectivity index (χ3n) is 4.33. The third-order valence-corrected chi connectivity index (χ3v) is 5.53. The first-order chi connectivity index (χ1) is 12.5. The molecule has 1 atom stereocenters. The Labute approximate surface area is 152 Å². The van der Waals surface area contributed by atoms with Gasteiger partial charge >= 0.3 is 0 Å². The van der Waals surface area contributed by atoms with E-state index in [0.717, 1.165) is 22.6 Å². The second kappa shape index (κ2) is 6.40. The fourth-order valence-corrected chi connectivity index (χ4v) is 4.20. The fraction of sp³-hybridized carbons (Fsp3) is 0.0500. The number of nitrogens with one attached hydrogen (secondary N) is 1. The lowest BCUT2D eigenvalue weighted by molar-refractivity contribution is 0.591. The maximum atomic E-state index is 12.3. The highest BCUT2D eigenvalue weighted by atomic mass is 32.2. The molecule has 0 aliphatic carbocycles. The van der Waals surface area contributed by atoms with E-state index >= 15 is 0 Å². The summed E-state index contributed by atoms with van der Waals surface area (Å²) in [6.07, 6.45) is 1.77. The standard InChI is InChI=1S/C20H17N3O2S/c21-26(24,25)20(14-6-2-1-3-7-14)15-10-11-16-13-22-17-8-4-5-9-18(17)23-19(16)12-15/h1-13,20,23H,(H2,21,24,25). The van der Waals surface area contributed by atoms with Crippen molar-refractivity contribution in [2.24, 2.45) is 10.1 Å². The van der Waals surface area contributed by atoms with Crippen LogP contribution in [0.2, 0.25) is 0 Å². The quantitative estimate of drug-likeness (QED) is 0.579. The number of hydrogen-bond donors (Lipinski definition) is 2. The Morgan fingerprint density at radius 2 is 1.58 bits per heavy atom. The number of hydrogen-bond acceptors (Lipinski definition) is 4. The normalized spacial score (nSPS) is 13.9. The highest BCUT2D eigenvalue weighted by molar-refractivity contribution is 7.89. The SMILES string of the molecule is NS(=O)(=O)C(c1ccccc1)c1ccc2c(c1)Nc1ccccc1N=C2. The van der Waals surface area contributed by atoms with Crippen molar-refractivity contribution in [2.75, 3.05) is 5.32 Å². The van der Waals surface area contributed by atoms with Crippen LogP contribution in [0.25, 0.3) is 0 Å². The molecule has 5 nitrogen and oxygen atoms in total. The molecule has 0 aromatic heterocycles. The van der Waals surface area contributed by atoms with E-state index in [1.54, 1.807) is 36.5 Å². The van der Waals surface area contributed by atoms with Crippen molar-refractivity contribution in [1.82, 2.24) is 0 Å². The number of anilines is 2. The topological polar surface area (TPSA) is 84.5 Å². The number of benzene rings is 3. The van der Waals surface area contributed by atoms with E-state index in [4.69, 9.17) is 5.14 Å². The van der Waals surface area contributed by atoms with Gasteiger partial charge in [-0.05, 0) is 29.3 Å². The van der Waals surface area contributed by atoms with E-state index in [1.807, 2.05) is 42.5 Å². The summed E-state index contributed by atoms with van der Waals surface area (Å²) in [5, 5.41) is 7.97. The molecule has 1 aliphatic heterocycles. The van der Waals surface area contributed by atoms with E-state index in [2.05, 4.69) is 10.3 Å². The number of aliphatic imine (C=N–C) groups is 1. The Kier molecular flexibility index (Phi) is 4.06. The van der Waals surface area contributed by atoms with Crippen LogP contribution in [-0.4, -0.2) is 14.6 Å². The average Bonchev–Trinajstić information content (AvgIpc) is 2.80. The van der Waals surface area contributed by atoms with E-state index in [-0.39, 0.29) is 0 Å². The molecule has 3 aromatic carbocycles. The first kappa shape index (κ1) is 16.5. The van der Waals surface area contributed by atoms with Gasteiger partial charge in [0.05, 0.1) is 11.4 Å². The molecule has 4 rings (SSSR count). The van der Waals surface area contributed by atoms with E-state index in [9.17, 15) is 8.42 Å². The predicted octanol–water partition coefficient (Wildman–Crippen LogP) is 3.87. The monoisotopic (exact) mass is 363 g/mol. The molecular formula is C20H17N3O2S. The zero-order chi connectivity index (χ0) is 18.1. The first-order valence-corrected chi connectivity index (χ1v) is 9.74. The van der Waals surface area contributed by atoms with Crippen LogP contribution >= 0.6 is 0 Å². The summed E-state index contributed by atoms with van der Waals surface area (Å²) in [7, 11) is -3.83. The Morgan fingerprint density at radius 3 is 2.35 bits per heavy atom. The number of fused-ring (bicyclic) bond motifs is 2. The van der Waals surface area contributed by atoms with Crippen LogP contribution in [0.15, 0.2) is 77.8 Å². The molecular weight excluding hydrogens is 346 g/mol. The molecule has 1 aliphatic rings. The molecule has 130 valence electrons. The van der Waals surface area contributed by atoms with Crippen molar-refractivity contribution >= 4 is 33.3 Å². The molecule has 1 unspecified atom stereocenters. The summed E-state index contributed by atoms with van der Waals surface area (Å²) < 4.78 is 24.6. The first-order valence-electron chi connectivity index (χ1n) is 8.13.